The third-order valence-corrected chi connectivity index (χ3v) is 3.55. The van der Waals surface area contributed by atoms with Crippen molar-refractivity contribution in [1.82, 2.24) is 15.5 Å². The lowest BCUT2D eigenvalue weighted by molar-refractivity contribution is -0.128. The molecule has 0 spiro atoms. The summed E-state index contributed by atoms with van der Waals surface area (Å²) in [5, 5.41) is 6.85. The zero-order chi connectivity index (χ0) is 12.3. The SMILES string of the molecule is CC(CC1COCCN1)NC1CCN(C)C1=O. The van der Waals surface area contributed by atoms with Gasteiger partial charge < -0.3 is 20.3 Å². The molecule has 2 fully saturated rings. The Hall–Kier alpha value is -0.650. The van der Waals surface area contributed by atoms with E-state index >= 15 is 0 Å². The first-order chi connectivity index (χ1) is 8.16. The molecule has 3 atom stereocenters. The van der Waals surface area contributed by atoms with E-state index in [0.717, 1.165) is 39.1 Å². The molecule has 2 saturated heterocycles. The highest BCUT2D eigenvalue weighted by Crippen LogP contribution is 2.11. The van der Waals surface area contributed by atoms with Crippen LogP contribution >= 0.6 is 0 Å². The van der Waals surface area contributed by atoms with Crippen molar-refractivity contribution >= 4 is 5.91 Å². The second-order valence-electron chi connectivity index (χ2n) is 5.13. The molecule has 17 heavy (non-hydrogen) atoms. The Balaban J connectivity index is 1.73. The molecule has 0 aromatic rings. The van der Waals surface area contributed by atoms with E-state index in [-0.39, 0.29) is 11.9 Å². The summed E-state index contributed by atoms with van der Waals surface area (Å²) in [6.07, 6.45) is 1.93. The fraction of sp³-hybridized carbons (Fsp3) is 0.917. The Bertz CT molecular complexity index is 266. The van der Waals surface area contributed by atoms with Gasteiger partial charge in [0.1, 0.15) is 0 Å². The van der Waals surface area contributed by atoms with Crippen molar-refractivity contribution in [2.75, 3.05) is 33.4 Å². The van der Waals surface area contributed by atoms with Crippen LogP contribution in [0.5, 0.6) is 0 Å². The van der Waals surface area contributed by atoms with Crippen LogP contribution in [0.1, 0.15) is 19.8 Å². The summed E-state index contributed by atoms with van der Waals surface area (Å²) in [7, 11) is 1.87. The van der Waals surface area contributed by atoms with Gasteiger partial charge in [0.25, 0.3) is 0 Å². The number of hydrogen-bond donors (Lipinski definition) is 2. The maximum absolute atomic E-state index is 11.8. The Morgan fingerprint density at radius 3 is 3.06 bits per heavy atom. The van der Waals surface area contributed by atoms with Gasteiger partial charge in [-0.1, -0.05) is 0 Å². The lowest BCUT2D eigenvalue weighted by Crippen LogP contribution is -2.48. The molecule has 0 saturated carbocycles. The Morgan fingerprint density at radius 1 is 1.65 bits per heavy atom. The third-order valence-electron chi connectivity index (χ3n) is 3.55. The third kappa shape index (κ3) is 3.40. The molecular formula is C12H23N3O2. The minimum Gasteiger partial charge on any atom is -0.379 e. The van der Waals surface area contributed by atoms with E-state index in [1.807, 2.05) is 7.05 Å². The topological polar surface area (TPSA) is 53.6 Å². The van der Waals surface area contributed by atoms with Gasteiger partial charge in [-0.3, -0.25) is 4.79 Å². The number of likely N-dealkylation sites (N-methyl/N-ethyl adjacent to an activating group) is 1. The van der Waals surface area contributed by atoms with Crippen molar-refractivity contribution in [2.24, 2.45) is 0 Å². The normalized spacial score (nSPS) is 31.9. The Labute approximate surface area is 103 Å². The molecule has 0 aliphatic carbocycles. The summed E-state index contributed by atoms with van der Waals surface area (Å²) >= 11 is 0. The van der Waals surface area contributed by atoms with Gasteiger partial charge in [-0.05, 0) is 19.8 Å². The maximum Gasteiger partial charge on any atom is 0.239 e. The van der Waals surface area contributed by atoms with E-state index in [2.05, 4.69) is 17.6 Å². The highest BCUT2D eigenvalue weighted by Gasteiger charge is 2.30. The molecular weight excluding hydrogens is 218 g/mol. The first-order valence-electron chi connectivity index (χ1n) is 6.49. The average Bonchev–Trinajstić information content (AvgIpc) is 2.62. The quantitative estimate of drug-likeness (QED) is 0.701. The van der Waals surface area contributed by atoms with E-state index in [4.69, 9.17) is 4.74 Å². The number of carbonyl (C=O) groups excluding carboxylic acids is 1. The summed E-state index contributed by atoms with van der Waals surface area (Å²) in [6.45, 7) is 5.53. The van der Waals surface area contributed by atoms with Crippen molar-refractivity contribution in [3.05, 3.63) is 0 Å². The van der Waals surface area contributed by atoms with Crippen LogP contribution in [0.25, 0.3) is 0 Å². The molecule has 0 bridgehead atoms. The zero-order valence-electron chi connectivity index (χ0n) is 10.7. The van der Waals surface area contributed by atoms with Gasteiger partial charge in [0.2, 0.25) is 5.91 Å². The monoisotopic (exact) mass is 241 g/mol. The molecule has 2 N–H and O–H groups in total. The largest absolute Gasteiger partial charge is 0.379 e. The minimum absolute atomic E-state index is 0.0134. The number of nitrogens with zero attached hydrogens (tertiary/aromatic N) is 1. The number of hydrogen-bond acceptors (Lipinski definition) is 4. The van der Waals surface area contributed by atoms with E-state index in [9.17, 15) is 4.79 Å². The molecule has 1 amide bonds. The van der Waals surface area contributed by atoms with Gasteiger partial charge in [0, 0.05) is 32.2 Å². The smallest absolute Gasteiger partial charge is 0.239 e. The van der Waals surface area contributed by atoms with Crippen LogP contribution in [-0.4, -0.2) is 62.3 Å². The average molecular weight is 241 g/mol. The summed E-state index contributed by atoms with van der Waals surface area (Å²) in [5.74, 6) is 0.227. The van der Waals surface area contributed by atoms with Crippen LogP contribution in [0.4, 0.5) is 0 Å². The molecule has 0 aromatic heterocycles. The van der Waals surface area contributed by atoms with E-state index in [1.54, 1.807) is 4.90 Å². The first kappa shape index (κ1) is 12.8. The lowest BCUT2D eigenvalue weighted by Gasteiger charge is -2.27. The molecule has 5 heteroatoms. The lowest BCUT2D eigenvalue weighted by atomic mass is 10.1. The molecule has 3 unspecified atom stereocenters. The fourth-order valence-electron chi connectivity index (χ4n) is 2.59. The number of likely N-dealkylation sites (tertiary alicyclic amines) is 1. The van der Waals surface area contributed by atoms with E-state index in [0.29, 0.717) is 12.1 Å². The molecule has 2 heterocycles. The second kappa shape index (κ2) is 5.80. The molecule has 0 aromatic carbocycles. The predicted molar refractivity (Wildman–Crippen MR) is 65.9 cm³/mol. The molecule has 0 radical (unpaired) electrons. The summed E-state index contributed by atoms with van der Waals surface area (Å²) in [4.78, 5) is 13.6. The fourth-order valence-corrected chi connectivity index (χ4v) is 2.59. The van der Waals surface area contributed by atoms with Crippen molar-refractivity contribution in [3.63, 3.8) is 0 Å². The highest BCUT2D eigenvalue weighted by molar-refractivity contribution is 5.83. The van der Waals surface area contributed by atoms with E-state index in [1.165, 1.54) is 0 Å². The number of carbonyl (C=O) groups is 1. The van der Waals surface area contributed by atoms with Crippen LogP contribution in [-0.2, 0) is 9.53 Å². The Morgan fingerprint density at radius 2 is 2.47 bits per heavy atom. The molecule has 2 rings (SSSR count). The highest BCUT2D eigenvalue weighted by atomic mass is 16.5. The van der Waals surface area contributed by atoms with Crippen LogP contribution in [0.2, 0.25) is 0 Å². The van der Waals surface area contributed by atoms with Gasteiger partial charge in [-0.25, -0.2) is 0 Å². The van der Waals surface area contributed by atoms with Gasteiger partial charge in [0.05, 0.1) is 19.3 Å². The van der Waals surface area contributed by atoms with E-state index < -0.39 is 0 Å². The van der Waals surface area contributed by atoms with Crippen molar-refractivity contribution in [1.29, 1.82) is 0 Å². The number of ether oxygens (including phenoxy) is 1. The van der Waals surface area contributed by atoms with Crippen molar-refractivity contribution in [3.8, 4) is 0 Å². The maximum atomic E-state index is 11.8. The van der Waals surface area contributed by atoms with Gasteiger partial charge >= 0.3 is 0 Å². The van der Waals surface area contributed by atoms with Gasteiger partial charge in [-0.15, -0.1) is 0 Å². The summed E-state index contributed by atoms with van der Waals surface area (Å²) in [6, 6.07) is 0.773. The molecule has 2 aliphatic heterocycles. The number of rotatable bonds is 4. The number of amides is 1. The second-order valence-corrected chi connectivity index (χ2v) is 5.13. The van der Waals surface area contributed by atoms with Gasteiger partial charge in [0.15, 0.2) is 0 Å². The van der Waals surface area contributed by atoms with Crippen LogP contribution in [0.3, 0.4) is 0 Å². The molecule has 5 nitrogen and oxygen atoms in total. The Kier molecular flexibility index (Phi) is 4.36. The standard InChI is InChI=1S/C12H23N3O2/c1-9(7-10-8-17-6-4-13-10)14-11-3-5-15(2)12(11)16/h9-11,13-14H,3-8H2,1-2H3. The number of nitrogens with one attached hydrogen (secondary N) is 2. The number of morpholine rings is 1. The van der Waals surface area contributed by atoms with Crippen molar-refractivity contribution < 1.29 is 9.53 Å². The van der Waals surface area contributed by atoms with Gasteiger partial charge in [-0.2, -0.15) is 0 Å². The van der Waals surface area contributed by atoms with Crippen LogP contribution in [0.15, 0.2) is 0 Å². The molecule has 98 valence electrons. The summed E-state index contributed by atoms with van der Waals surface area (Å²) in [5.41, 5.74) is 0. The predicted octanol–water partition coefficient (Wildman–Crippen LogP) is -0.426. The molecule has 2 aliphatic rings. The van der Waals surface area contributed by atoms with Crippen LogP contribution in [0, 0.1) is 0 Å². The van der Waals surface area contributed by atoms with Crippen molar-refractivity contribution in [2.45, 2.75) is 37.9 Å². The summed E-state index contributed by atoms with van der Waals surface area (Å²) < 4.78 is 5.43. The zero-order valence-corrected chi connectivity index (χ0v) is 10.7. The van der Waals surface area contributed by atoms with Crippen LogP contribution < -0.4 is 10.6 Å². The minimum atomic E-state index is 0.0134. The first-order valence-corrected chi connectivity index (χ1v) is 6.49.